The van der Waals surface area contributed by atoms with E-state index in [0.717, 1.165) is 17.7 Å². The molecule has 1 saturated heterocycles. The molecule has 6 nitrogen and oxygen atoms in total. The van der Waals surface area contributed by atoms with Gasteiger partial charge in [-0.05, 0) is 54.0 Å². The fraction of sp³-hybridized carbons (Fsp3) is 0.111. The number of nitrogens with one attached hydrogen (secondary N) is 1. The van der Waals surface area contributed by atoms with Crippen molar-refractivity contribution >= 4 is 40.7 Å². The maximum atomic E-state index is 12.8. The van der Waals surface area contributed by atoms with E-state index < -0.39 is 4.92 Å². The fourth-order valence-corrected chi connectivity index (χ4v) is 2.93. The molecule has 126 valence electrons. The average molecular weight is 353 g/mol. The topological polar surface area (TPSA) is 75.5 Å². The number of nitro benzene ring substituents is 1. The monoisotopic (exact) mass is 353 g/mol. The first-order chi connectivity index (χ1) is 12.0. The van der Waals surface area contributed by atoms with E-state index in [2.05, 4.69) is 5.32 Å². The average Bonchev–Trinajstić information content (AvgIpc) is 2.89. The Labute approximate surface area is 149 Å². The Hall–Kier alpha value is -3.06. The van der Waals surface area contributed by atoms with Crippen LogP contribution in [0, 0.1) is 10.1 Å². The predicted octanol–water partition coefficient (Wildman–Crippen LogP) is 3.42. The second-order valence-electron chi connectivity index (χ2n) is 5.46. The van der Waals surface area contributed by atoms with E-state index in [9.17, 15) is 14.9 Å². The Kier molecular flexibility index (Phi) is 4.58. The fourth-order valence-electron chi connectivity index (χ4n) is 2.64. The van der Waals surface area contributed by atoms with Gasteiger partial charge in [-0.1, -0.05) is 25.1 Å². The highest BCUT2D eigenvalue weighted by Crippen LogP contribution is 2.26. The van der Waals surface area contributed by atoms with Crippen LogP contribution < -0.4 is 10.2 Å². The van der Waals surface area contributed by atoms with E-state index in [4.69, 9.17) is 12.2 Å². The number of benzene rings is 2. The highest BCUT2D eigenvalue weighted by atomic mass is 32.1. The minimum absolute atomic E-state index is 0.00174. The zero-order chi connectivity index (χ0) is 18.0. The molecule has 0 unspecified atom stereocenters. The summed E-state index contributed by atoms with van der Waals surface area (Å²) in [6.07, 6.45) is 2.41. The van der Waals surface area contributed by atoms with Crippen LogP contribution in [-0.2, 0) is 11.2 Å². The predicted molar refractivity (Wildman–Crippen MR) is 100 cm³/mol. The number of non-ortho nitro benzene ring substituents is 1. The number of carbonyl (C=O) groups is 1. The van der Waals surface area contributed by atoms with Gasteiger partial charge in [0.15, 0.2) is 5.11 Å². The molecule has 3 rings (SSSR count). The van der Waals surface area contributed by atoms with Crippen LogP contribution in [0.1, 0.15) is 18.1 Å². The molecule has 2 aromatic carbocycles. The number of nitro groups is 1. The third kappa shape index (κ3) is 3.27. The maximum Gasteiger partial charge on any atom is 0.281 e. The number of aryl methyl sites for hydroxylation is 1. The Bertz CT molecular complexity index is 891. The summed E-state index contributed by atoms with van der Waals surface area (Å²) in [5.41, 5.74) is 2.80. The molecule has 1 aliphatic rings. The normalized spacial score (nSPS) is 15.6. The smallest absolute Gasteiger partial charge is 0.281 e. The van der Waals surface area contributed by atoms with Crippen molar-refractivity contribution in [3.8, 4) is 0 Å². The van der Waals surface area contributed by atoms with Gasteiger partial charge in [-0.15, -0.1) is 0 Å². The van der Waals surface area contributed by atoms with Gasteiger partial charge in [0.1, 0.15) is 5.70 Å². The number of nitrogens with zero attached hydrogens (tertiary/aromatic N) is 2. The quantitative estimate of drug-likeness (QED) is 0.394. The van der Waals surface area contributed by atoms with Crippen molar-refractivity contribution in [3.05, 3.63) is 75.5 Å². The minimum atomic E-state index is -0.464. The molecule has 2 aromatic rings. The minimum Gasteiger partial charge on any atom is -0.327 e. The Morgan fingerprint density at radius 2 is 1.88 bits per heavy atom. The summed E-state index contributed by atoms with van der Waals surface area (Å²) >= 11 is 5.32. The van der Waals surface area contributed by atoms with E-state index >= 15 is 0 Å². The van der Waals surface area contributed by atoms with Gasteiger partial charge >= 0.3 is 0 Å². The zero-order valence-corrected chi connectivity index (χ0v) is 14.2. The lowest BCUT2D eigenvalue weighted by Gasteiger charge is -2.17. The molecule has 0 spiro atoms. The summed E-state index contributed by atoms with van der Waals surface area (Å²) in [5, 5.41) is 14.0. The second kappa shape index (κ2) is 6.82. The van der Waals surface area contributed by atoms with Gasteiger partial charge in [0.2, 0.25) is 0 Å². The van der Waals surface area contributed by atoms with E-state index in [0.29, 0.717) is 16.4 Å². The number of anilines is 1. The van der Waals surface area contributed by atoms with Gasteiger partial charge < -0.3 is 5.32 Å². The number of amides is 1. The van der Waals surface area contributed by atoms with Crippen molar-refractivity contribution in [2.24, 2.45) is 0 Å². The van der Waals surface area contributed by atoms with Crippen LogP contribution in [0.5, 0.6) is 0 Å². The van der Waals surface area contributed by atoms with Gasteiger partial charge in [0.25, 0.3) is 11.6 Å². The molecule has 0 aromatic heterocycles. The molecule has 25 heavy (non-hydrogen) atoms. The van der Waals surface area contributed by atoms with Crippen molar-refractivity contribution in [2.45, 2.75) is 13.3 Å². The molecule has 1 heterocycles. The number of hydrogen-bond acceptors (Lipinski definition) is 4. The molecular formula is C18H15N3O3S. The van der Waals surface area contributed by atoms with Crippen LogP contribution in [0.25, 0.3) is 6.08 Å². The number of hydrogen-bond donors (Lipinski definition) is 1. The number of carbonyl (C=O) groups excluding carboxylic acids is 1. The summed E-state index contributed by atoms with van der Waals surface area (Å²) < 4.78 is 0. The van der Waals surface area contributed by atoms with Crippen LogP contribution in [0.15, 0.2) is 54.2 Å². The molecular weight excluding hydrogens is 338 g/mol. The summed E-state index contributed by atoms with van der Waals surface area (Å²) in [5.74, 6) is -0.246. The van der Waals surface area contributed by atoms with Gasteiger partial charge in [-0.2, -0.15) is 0 Å². The number of para-hydroxylation sites is 1. The summed E-state index contributed by atoms with van der Waals surface area (Å²) in [4.78, 5) is 24.5. The van der Waals surface area contributed by atoms with Gasteiger partial charge in [0, 0.05) is 12.1 Å². The Morgan fingerprint density at radius 1 is 1.20 bits per heavy atom. The molecule has 7 heteroatoms. The first kappa shape index (κ1) is 16.8. The van der Waals surface area contributed by atoms with E-state index in [1.165, 1.54) is 17.0 Å². The van der Waals surface area contributed by atoms with Crippen LogP contribution in [0.4, 0.5) is 11.4 Å². The van der Waals surface area contributed by atoms with Crippen LogP contribution >= 0.6 is 12.2 Å². The first-order valence-corrected chi connectivity index (χ1v) is 8.11. The molecule has 0 saturated carbocycles. The largest absolute Gasteiger partial charge is 0.327 e. The molecule has 1 fully saturated rings. The van der Waals surface area contributed by atoms with Gasteiger partial charge in [-0.25, -0.2) is 0 Å². The molecule has 1 aliphatic heterocycles. The highest BCUT2D eigenvalue weighted by Gasteiger charge is 2.32. The van der Waals surface area contributed by atoms with Crippen molar-refractivity contribution in [1.29, 1.82) is 0 Å². The number of thiocarbonyl (C=S) groups is 1. The Morgan fingerprint density at radius 3 is 2.52 bits per heavy atom. The van der Waals surface area contributed by atoms with Crippen molar-refractivity contribution < 1.29 is 9.72 Å². The SMILES string of the molecule is CCc1ccccc1N1C(=O)/C(=C\c2ccc([N+](=O)[O-])cc2)NC1=S. The Balaban J connectivity index is 1.92. The lowest BCUT2D eigenvalue weighted by atomic mass is 10.1. The first-order valence-electron chi connectivity index (χ1n) is 7.70. The summed E-state index contributed by atoms with van der Waals surface area (Å²) in [6, 6.07) is 13.6. The van der Waals surface area contributed by atoms with Crippen molar-refractivity contribution in [3.63, 3.8) is 0 Å². The third-order valence-electron chi connectivity index (χ3n) is 3.91. The highest BCUT2D eigenvalue weighted by molar-refractivity contribution is 7.80. The third-order valence-corrected chi connectivity index (χ3v) is 4.19. The molecule has 0 atom stereocenters. The van der Waals surface area contributed by atoms with Crippen molar-refractivity contribution in [2.75, 3.05) is 4.90 Å². The lowest BCUT2D eigenvalue weighted by molar-refractivity contribution is -0.384. The zero-order valence-electron chi connectivity index (χ0n) is 13.4. The van der Waals surface area contributed by atoms with E-state index in [1.807, 2.05) is 31.2 Å². The molecule has 1 amide bonds. The van der Waals surface area contributed by atoms with Crippen LogP contribution in [0.3, 0.4) is 0 Å². The summed E-state index contributed by atoms with van der Waals surface area (Å²) in [6.45, 7) is 2.02. The maximum absolute atomic E-state index is 12.8. The van der Waals surface area contributed by atoms with Crippen LogP contribution in [-0.4, -0.2) is 15.9 Å². The summed E-state index contributed by atoms with van der Waals surface area (Å²) in [7, 11) is 0. The standard InChI is InChI=1S/C18H15N3O3S/c1-2-13-5-3-4-6-16(13)20-17(22)15(19-18(20)25)11-12-7-9-14(10-8-12)21(23)24/h3-11H,2H2,1H3,(H,19,25)/b15-11+. The molecule has 0 radical (unpaired) electrons. The lowest BCUT2D eigenvalue weighted by Crippen LogP contribution is -2.31. The van der Waals surface area contributed by atoms with Crippen LogP contribution in [0.2, 0.25) is 0 Å². The van der Waals surface area contributed by atoms with E-state index in [1.54, 1.807) is 18.2 Å². The van der Waals surface area contributed by atoms with E-state index in [-0.39, 0.29) is 11.6 Å². The van der Waals surface area contributed by atoms with Gasteiger partial charge in [0.05, 0.1) is 10.6 Å². The second-order valence-corrected chi connectivity index (χ2v) is 5.85. The molecule has 0 bridgehead atoms. The molecule has 1 N–H and O–H groups in total. The van der Waals surface area contributed by atoms with Gasteiger partial charge in [-0.3, -0.25) is 19.8 Å². The number of rotatable bonds is 4. The van der Waals surface area contributed by atoms with Crippen molar-refractivity contribution in [1.82, 2.24) is 5.32 Å². The molecule has 0 aliphatic carbocycles.